The molecule has 4 nitrogen and oxygen atoms in total. The van der Waals surface area contributed by atoms with Crippen LogP contribution in [0.2, 0.25) is 0 Å². The van der Waals surface area contributed by atoms with Gasteiger partial charge >= 0.3 is 0 Å². The fourth-order valence-electron chi connectivity index (χ4n) is 2.10. The Morgan fingerprint density at radius 3 is 2.62 bits per heavy atom. The van der Waals surface area contributed by atoms with Crippen molar-refractivity contribution in [3.8, 4) is 0 Å². The number of hydrogen-bond donors (Lipinski definition) is 2. The van der Waals surface area contributed by atoms with E-state index in [4.69, 9.17) is 0 Å². The summed E-state index contributed by atoms with van der Waals surface area (Å²) in [6.45, 7) is 3.64. The molecule has 0 radical (unpaired) electrons. The first-order valence-electron chi connectivity index (χ1n) is 7.09. The number of nitrogens with zero attached hydrogens (tertiary/aromatic N) is 2. The van der Waals surface area contributed by atoms with E-state index in [0.717, 1.165) is 5.56 Å². The van der Waals surface area contributed by atoms with Crippen molar-refractivity contribution in [2.24, 2.45) is 0 Å². The van der Waals surface area contributed by atoms with Gasteiger partial charge < -0.3 is 10.4 Å². The van der Waals surface area contributed by atoms with Crippen LogP contribution in [0.1, 0.15) is 25.1 Å². The molecule has 0 saturated heterocycles. The van der Waals surface area contributed by atoms with Crippen LogP contribution in [0.5, 0.6) is 0 Å². The highest BCUT2D eigenvalue weighted by Gasteiger charge is 2.18. The monoisotopic (exact) mass is 289 g/mol. The minimum absolute atomic E-state index is 0.140. The standard InChI is InChI=1S/C16H20FN3O/c1-3-13-15(17)16(19-10-18-13)20-11(2)14(21)9-12-7-5-4-6-8-12/h4-8,10-11,14,21H,3,9H2,1-2H3,(H,18,19,20). The smallest absolute Gasteiger partial charge is 0.186 e. The third kappa shape index (κ3) is 3.98. The number of anilines is 1. The molecule has 1 aromatic heterocycles. The van der Waals surface area contributed by atoms with Gasteiger partial charge in [0.25, 0.3) is 0 Å². The molecule has 0 amide bonds. The fourth-order valence-corrected chi connectivity index (χ4v) is 2.10. The normalized spacial score (nSPS) is 13.7. The molecule has 2 rings (SSSR count). The zero-order chi connectivity index (χ0) is 15.2. The average molecular weight is 289 g/mol. The number of hydrogen-bond acceptors (Lipinski definition) is 4. The zero-order valence-corrected chi connectivity index (χ0v) is 12.3. The first-order chi connectivity index (χ1) is 10.1. The Bertz CT molecular complexity index is 577. The summed E-state index contributed by atoms with van der Waals surface area (Å²) in [5.41, 5.74) is 1.41. The van der Waals surface area contributed by atoms with Gasteiger partial charge in [0.2, 0.25) is 0 Å². The highest BCUT2D eigenvalue weighted by Crippen LogP contribution is 2.16. The predicted molar refractivity (Wildman–Crippen MR) is 80.6 cm³/mol. The van der Waals surface area contributed by atoms with Gasteiger partial charge in [-0.25, -0.2) is 14.4 Å². The number of rotatable bonds is 6. The molecule has 0 aliphatic rings. The minimum atomic E-state index is -0.633. The second-order valence-corrected chi connectivity index (χ2v) is 5.03. The lowest BCUT2D eigenvalue weighted by Crippen LogP contribution is -2.33. The Balaban J connectivity index is 2.02. The summed E-state index contributed by atoms with van der Waals surface area (Å²) in [7, 11) is 0. The Morgan fingerprint density at radius 1 is 1.24 bits per heavy atom. The Morgan fingerprint density at radius 2 is 1.95 bits per heavy atom. The third-order valence-electron chi connectivity index (χ3n) is 3.43. The van der Waals surface area contributed by atoms with Crippen molar-refractivity contribution in [3.05, 3.63) is 53.7 Å². The van der Waals surface area contributed by atoms with E-state index in [1.54, 1.807) is 6.92 Å². The minimum Gasteiger partial charge on any atom is -0.391 e. The molecule has 21 heavy (non-hydrogen) atoms. The van der Waals surface area contributed by atoms with Gasteiger partial charge in [-0.1, -0.05) is 37.3 Å². The quantitative estimate of drug-likeness (QED) is 0.858. The number of aromatic nitrogens is 2. The van der Waals surface area contributed by atoms with Crippen LogP contribution < -0.4 is 5.32 Å². The van der Waals surface area contributed by atoms with Crippen molar-refractivity contribution in [3.63, 3.8) is 0 Å². The third-order valence-corrected chi connectivity index (χ3v) is 3.43. The van der Waals surface area contributed by atoms with Crippen molar-refractivity contribution < 1.29 is 9.50 Å². The molecule has 0 spiro atoms. The molecule has 1 heterocycles. The molecule has 0 aliphatic heterocycles. The van der Waals surface area contributed by atoms with E-state index in [1.807, 2.05) is 37.3 Å². The maximum Gasteiger partial charge on any atom is 0.186 e. The van der Waals surface area contributed by atoms with Crippen LogP contribution in [0.25, 0.3) is 0 Å². The van der Waals surface area contributed by atoms with E-state index < -0.39 is 11.9 Å². The van der Waals surface area contributed by atoms with Crippen LogP contribution in [0.15, 0.2) is 36.7 Å². The zero-order valence-electron chi connectivity index (χ0n) is 12.3. The van der Waals surface area contributed by atoms with Crippen molar-refractivity contribution in [2.75, 3.05) is 5.32 Å². The SMILES string of the molecule is CCc1ncnc(NC(C)C(O)Cc2ccccc2)c1F. The number of halogens is 1. The number of nitrogens with one attached hydrogen (secondary N) is 1. The Kier molecular flexibility index (Phi) is 5.22. The van der Waals surface area contributed by atoms with Crippen LogP contribution >= 0.6 is 0 Å². The van der Waals surface area contributed by atoms with Crippen molar-refractivity contribution in [1.82, 2.24) is 9.97 Å². The molecular weight excluding hydrogens is 269 g/mol. The van der Waals surface area contributed by atoms with E-state index in [0.29, 0.717) is 18.5 Å². The lowest BCUT2D eigenvalue weighted by atomic mass is 10.0. The number of benzene rings is 1. The van der Waals surface area contributed by atoms with Gasteiger partial charge in [0.1, 0.15) is 6.33 Å². The molecule has 2 N–H and O–H groups in total. The molecule has 2 atom stereocenters. The molecule has 112 valence electrons. The van der Waals surface area contributed by atoms with Gasteiger partial charge in [0.05, 0.1) is 17.8 Å². The summed E-state index contributed by atoms with van der Waals surface area (Å²) in [6.07, 6.45) is 1.71. The number of aliphatic hydroxyl groups is 1. The maximum absolute atomic E-state index is 14.1. The van der Waals surface area contributed by atoms with Gasteiger partial charge in [0, 0.05) is 6.42 Å². The first kappa shape index (κ1) is 15.4. The number of aryl methyl sites for hydroxylation is 1. The maximum atomic E-state index is 14.1. The van der Waals surface area contributed by atoms with Crippen LogP contribution in [-0.2, 0) is 12.8 Å². The van der Waals surface area contributed by atoms with Crippen LogP contribution in [0, 0.1) is 5.82 Å². The lowest BCUT2D eigenvalue weighted by Gasteiger charge is -2.21. The van der Waals surface area contributed by atoms with E-state index in [2.05, 4.69) is 15.3 Å². The first-order valence-corrected chi connectivity index (χ1v) is 7.09. The lowest BCUT2D eigenvalue weighted by molar-refractivity contribution is 0.158. The van der Waals surface area contributed by atoms with Crippen molar-refractivity contribution in [2.45, 2.75) is 38.8 Å². The fraction of sp³-hybridized carbons (Fsp3) is 0.375. The Labute approximate surface area is 124 Å². The summed E-state index contributed by atoms with van der Waals surface area (Å²) < 4.78 is 14.1. The highest BCUT2D eigenvalue weighted by molar-refractivity contribution is 5.38. The average Bonchev–Trinajstić information content (AvgIpc) is 2.50. The van der Waals surface area contributed by atoms with Gasteiger partial charge in [-0.05, 0) is 18.9 Å². The molecule has 0 fully saturated rings. The summed E-state index contributed by atoms with van der Waals surface area (Å²) in [4.78, 5) is 7.80. The topological polar surface area (TPSA) is 58.0 Å². The van der Waals surface area contributed by atoms with Gasteiger partial charge in [-0.2, -0.15) is 0 Å². The molecule has 0 aliphatic carbocycles. The Hall–Kier alpha value is -2.01. The van der Waals surface area contributed by atoms with E-state index in [1.165, 1.54) is 6.33 Å². The van der Waals surface area contributed by atoms with E-state index >= 15 is 0 Å². The second kappa shape index (κ2) is 7.13. The van der Waals surface area contributed by atoms with Crippen molar-refractivity contribution >= 4 is 5.82 Å². The van der Waals surface area contributed by atoms with E-state index in [9.17, 15) is 9.50 Å². The second-order valence-electron chi connectivity index (χ2n) is 5.03. The highest BCUT2D eigenvalue weighted by atomic mass is 19.1. The summed E-state index contributed by atoms with van der Waals surface area (Å²) in [5.74, 6) is -0.305. The largest absolute Gasteiger partial charge is 0.391 e. The van der Waals surface area contributed by atoms with Crippen LogP contribution in [0.3, 0.4) is 0 Å². The molecule has 2 unspecified atom stereocenters. The molecule has 5 heteroatoms. The van der Waals surface area contributed by atoms with Gasteiger partial charge in [0.15, 0.2) is 11.6 Å². The van der Waals surface area contributed by atoms with Crippen LogP contribution in [-0.4, -0.2) is 27.2 Å². The molecule has 1 aromatic carbocycles. The number of aliphatic hydroxyl groups excluding tert-OH is 1. The summed E-state index contributed by atoms with van der Waals surface area (Å²) >= 11 is 0. The molecule has 2 aromatic rings. The summed E-state index contributed by atoms with van der Waals surface area (Å²) in [5, 5.41) is 13.2. The van der Waals surface area contributed by atoms with Gasteiger partial charge in [-0.15, -0.1) is 0 Å². The molecule has 0 bridgehead atoms. The predicted octanol–water partition coefficient (Wildman–Crippen LogP) is 2.58. The summed E-state index contributed by atoms with van der Waals surface area (Å²) in [6, 6.07) is 9.38. The van der Waals surface area contributed by atoms with Gasteiger partial charge in [-0.3, -0.25) is 0 Å². The van der Waals surface area contributed by atoms with Crippen LogP contribution in [0.4, 0.5) is 10.2 Å². The van der Waals surface area contributed by atoms with E-state index in [-0.39, 0.29) is 11.9 Å². The molecule has 0 saturated carbocycles. The molecular formula is C16H20FN3O. The van der Waals surface area contributed by atoms with Crippen molar-refractivity contribution in [1.29, 1.82) is 0 Å².